The van der Waals surface area contributed by atoms with Gasteiger partial charge in [-0.3, -0.25) is 0 Å². The van der Waals surface area contributed by atoms with E-state index < -0.39 is 0 Å². The van der Waals surface area contributed by atoms with Crippen molar-refractivity contribution >= 4 is 64.6 Å². The number of benzene rings is 11. The summed E-state index contributed by atoms with van der Waals surface area (Å²) in [4.78, 5) is 0. The van der Waals surface area contributed by atoms with Crippen molar-refractivity contribution in [1.82, 2.24) is 0 Å². The first-order valence-electron chi connectivity index (χ1n) is 18.1. The Morgan fingerprint density at radius 3 is 1.08 bits per heavy atom. The zero-order valence-electron chi connectivity index (χ0n) is 28.5. The predicted molar refractivity (Wildman–Crippen MR) is 224 cm³/mol. The Morgan fingerprint density at radius 1 is 0.192 bits per heavy atom. The van der Waals surface area contributed by atoms with Crippen molar-refractivity contribution in [2.45, 2.75) is 0 Å². The summed E-state index contributed by atoms with van der Waals surface area (Å²) >= 11 is 0. The molecule has 0 atom stereocenters. The molecule has 0 bridgehead atoms. The molecule has 0 heterocycles. The van der Waals surface area contributed by atoms with Gasteiger partial charge in [0.05, 0.1) is 0 Å². The Balaban J connectivity index is 1.19. The first-order chi connectivity index (χ1) is 25.8. The molecule has 52 heavy (non-hydrogen) atoms. The second kappa shape index (κ2) is 11.4. The van der Waals surface area contributed by atoms with Crippen LogP contribution in [0.3, 0.4) is 0 Å². The maximum atomic E-state index is 2.45. The largest absolute Gasteiger partial charge is 0.0622 e. The molecular weight excluding hydrogens is 625 g/mol. The normalized spacial score (nSPS) is 11.8. The SMILES string of the molecule is c1ccc(-c2cc(-c3ccccc3)cc(-c3cc4c5ccccc5c(-c5cc6ccc7cccc8ccc(c5)c6c78)cc4c4ccccc34)c2)cc1. The molecule has 0 aromatic heterocycles. The summed E-state index contributed by atoms with van der Waals surface area (Å²) in [6.45, 7) is 0. The van der Waals surface area contributed by atoms with Gasteiger partial charge >= 0.3 is 0 Å². The molecule has 0 N–H and O–H groups in total. The minimum atomic E-state index is 1.22. The summed E-state index contributed by atoms with van der Waals surface area (Å²) in [5.41, 5.74) is 9.86. The minimum Gasteiger partial charge on any atom is -0.0622 e. The molecule has 0 nitrogen and oxygen atoms in total. The van der Waals surface area contributed by atoms with Gasteiger partial charge in [-0.1, -0.05) is 152 Å². The van der Waals surface area contributed by atoms with E-state index in [1.54, 1.807) is 0 Å². The molecule has 0 saturated carbocycles. The molecule has 11 rings (SSSR count). The van der Waals surface area contributed by atoms with Gasteiger partial charge < -0.3 is 0 Å². The van der Waals surface area contributed by atoms with Gasteiger partial charge in [0.15, 0.2) is 0 Å². The highest BCUT2D eigenvalue weighted by molar-refractivity contribution is 6.26. The fourth-order valence-electron chi connectivity index (χ4n) is 8.72. The third kappa shape index (κ3) is 4.48. The second-order valence-corrected chi connectivity index (χ2v) is 14.1. The van der Waals surface area contributed by atoms with Crippen molar-refractivity contribution in [3.63, 3.8) is 0 Å². The molecule has 0 aliphatic carbocycles. The first-order valence-corrected chi connectivity index (χ1v) is 18.1. The van der Waals surface area contributed by atoms with Gasteiger partial charge in [0.25, 0.3) is 0 Å². The van der Waals surface area contributed by atoms with E-state index in [1.807, 2.05) is 0 Å². The Hall–Kier alpha value is -6.76. The van der Waals surface area contributed by atoms with Crippen molar-refractivity contribution in [2.24, 2.45) is 0 Å². The molecule has 0 radical (unpaired) electrons. The molecule has 11 aromatic carbocycles. The lowest BCUT2D eigenvalue weighted by molar-refractivity contribution is 1.58. The molecule has 0 fully saturated rings. The Morgan fingerprint density at radius 2 is 0.577 bits per heavy atom. The van der Waals surface area contributed by atoms with Crippen LogP contribution in [0, 0.1) is 0 Å². The van der Waals surface area contributed by atoms with Gasteiger partial charge in [-0.25, -0.2) is 0 Å². The molecule has 0 aliphatic rings. The van der Waals surface area contributed by atoms with Crippen LogP contribution in [-0.2, 0) is 0 Å². The van der Waals surface area contributed by atoms with Crippen molar-refractivity contribution in [3.8, 4) is 44.5 Å². The van der Waals surface area contributed by atoms with Crippen LogP contribution >= 0.6 is 0 Å². The fourth-order valence-corrected chi connectivity index (χ4v) is 8.72. The van der Waals surface area contributed by atoms with Crippen molar-refractivity contribution in [1.29, 1.82) is 0 Å². The number of rotatable bonds is 4. The highest BCUT2D eigenvalue weighted by Gasteiger charge is 2.17. The van der Waals surface area contributed by atoms with E-state index >= 15 is 0 Å². The van der Waals surface area contributed by atoms with Crippen LogP contribution in [0.2, 0.25) is 0 Å². The zero-order chi connectivity index (χ0) is 34.2. The van der Waals surface area contributed by atoms with Crippen molar-refractivity contribution in [2.75, 3.05) is 0 Å². The van der Waals surface area contributed by atoms with Crippen molar-refractivity contribution in [3.05, 3.63) is 194 Å². The number of hydrogen-bond acceptors (Lipinski definition) is 0. The second-order valence-electron chi connectivity index (χ2n) is 14.1. The lowest BCUT2D eigenvalue weighted by Gasteiger charge is -2.18. The minimum absolute atomic E-state index is 1.22. The maximum Gasteiger partial charge on any atom is -0.00264 e. The van der Waals surface area contributed by atoms with Crippen molar-refractivity contribution < 1.29 is 0 Å². The predicted octanol–water partition coefficient (Wildman–Crippen LogP) is 14.7. The van der Waals surface area contributed by atoms with E-state index in [2.05, 4.69) is 194 Å². The molecule has 11 aromatic rings. The Labute approximate surface area is 302 Å². The highest BCUT2D eigenvalue weighted by atomic mass is 14.2. The van der Waals surface area contributed by atoms with E-state index in [0.717, 1.165) is 0 Å². The summed E-state index contributed by atoms with van der Waals surface area (Å²) < 4.78 is 0. The van der Waals surface area contributed by atoms with E-state index in [4.69, 9.17) is 0 Å². The van der Waals surface area contributed by atoms with Crippen LogP contribution in [0.25, 0.3) is 109 Å². The summed E-state index contributed by atoms with van der Waals surface area (Å²) in [5.74, 6) is 0. The lowest BCUT2D eigenvalue weighted by Crippen LogP contribution is -1.91. The van der Waals surface area contributed by atoms with Crippen LogP contribution in [0.15, 0.2) is 194 Å². The molecule has 240 valence electrons. The average molecular weight is 657 g/mol. The quantitative estimate of drug-likeness (QED) is 0.165. The lowest BCUT2D eigenvalue weighted by atomic mass is 9.85. The van der Waals surface area contributed by atoms with E-state index in [0.29, 0.717) is 0 Å². The molecule has 0 unspecified atom stereocenters. The number of hydrogen-bond donors (Lipinski definition) is 0. The fraction of sp³-hybridized carbons (Fsp3) is 0. The molecule has 0 amide bonds. The number of fused-ring (bicyclic) bond motifs is 5. The molecular formula is C52H32. The highest BCUT2D eigenvalue weighted by Crippen LogP contribution is 2.45. The molecule has 0 spiro atoms. The van der Waals surface area contributed by atoms with Gasteiger partial charge in [-0.15, -0.1) is 0 Å². The standard InChI is InChI=1S/C52H32/c1-3-12-33(13-4-1)39-28-40(34-14-5-2-6-15-34)30-42(29-39)48-32-50-45-20-9-7-18-43(45)47(31-49(50)46-21-10-8-19-44(46)48)41-26-37-24-22-35-16-11-17-36-23-25-38(27-41)52(37)51(35)36/h1-32H. The van der Waals surface area contributed by atoms with Gasteiger partial charge in [0, 0.05) is 0 Å². The summed E-state index contributed by atoms with van der Waals surface area (Å²) in [5, 5.41) is 15.5. The van der Waals surface area contributed by atoms with Gasteiger partial charge in [-0.05, 0) is 152 Å². The van der Waals surface area contributed by atoms with Crippen LogP contribution in [0.4, 0.5) is 0 Å². The third-order valence-electron chi connectivity index (χ3n) is 11.1. The molecule has 0 saturated heterocycles. The summed E-state index contributed by atoms with van der Waals surface area (Å²) in [6.07, 6.45) is 0. The monoisotopic (exact) mass is 656 g/mol. The smallest absolute Gasteiger partial charge is 0.00264 e. The third-order valence-corrected chi connectivity index (χ3v) is 11.1. The van der Waals surface area contributed by atoms with Crippen LogP contribution < -0.4 is 0 Å². The van der Waals surface area contributed by atoms with E-state index in [9.17, 15) is 0 Å². The topological polar surface area (TPSA) is 0 Å². The van der Waals surface area contributed by atoms with Crippen LogP contribution in [0.5, 0.6) is 0 Å². The summed E-state index contributed by atoms with van der Waals surface area (Å²) in [7, 11) is 0. The zero-order valence-corrected chi connectivity index (χ0v) is 28.5. The Kier molecular flexibility index (Phi) is 6.35. The average Bonchev–Trinajstić information content (AvgIpc) is 3.22. The Bertz CT molecular complexity index is 3030. The molecule has 0 aliphatic heterocycles. The maximum absolute atomic E-state index is 2.45. The van der Waals surface area contributed by atoms with Gasteiger partial charge in [0.1, 0.15) is 0 Å². The van der Waals surface area contributed by atoms with E-state index in [1.165, 1.54) is 109 Å². The van der Waals surface area contributed by atoms with E-state index in [-0.39, 0.29) is 0 Å². The van der Waals surface area contributed by atoms with Crippen LogP contribution in [-0.4, -0.2) is 0 Å². The van der Waals surface area contributed by atoms with Gasteiger partial charge in [-0.2, -0.15) is 0 Å². The molecule has 0 heteroatoms. The summed E-state index contributed by atoms with van der Waals surface area (Å²) in [6, 6.07) is 72.0. The van der Waals surface area contributed by atoms with Crippen LogP contribution in [0.1, 0.15) is 0 Å². The first kappa shape index (κ1) is 29.0. The van der Waals surface area contributed by atoms with Gasteiger partial charge in [0.2, 0.25) is 0 Å².